The van der Waals surface area contributed by atoms with Crippen LogP contribution in [0.15, 0.2) is 84.9 Å². The van der Waals surface area contributed by atoms with Gasteiger partial charge < -0.3 is 4.90 Å². The molecule has 0 radical (unpaired) electrons. The first-order valence-corrected chi connectivity index (χ1v) is 8.54. The zero-order valence-electron chi connectivity index (χ0n) is 13.5. The molecule has 1 aliphatic rings. The molecule has 4 rings (SSSR count). The van der Waals surface area contributed by atoms with Gasteiger partial charge in [0.2, 0.25) is 0 Å². The van der Waals surface area contributed by atoms with Gasteiger partial charge in [-0.15, -0.1) is 0 Å². The van der Waals surface area contributed by atoms with E-state index in [-0.39, 0.29) is 5.91 Å². The summed E-state index contributed by atoms with van der Waals surface area (Å²) in [6.45, 7) is 0.527. The molecule has 25 heavy (non-hydrogen) atoms. The van der Waals surface area contributed by atoms with Gasteiger partial charge in [0.1, 0.15) is 0 Å². The largest absolute Gasteiger partial charge is 0.303 e. The number of carbonyl (C=O) groups excluding carboxylic acids is 1. The average molecular weight is 346 g/mol. The number of para-hydroxylation sites is 1. The van der Waals surface area contributed by atoms with Crippen LogP contribution in [-0.2, 0) is 11.3 Å². The first-order valence-electron chi connectivity index (χ1n) is 8.16. The quantitative estimate of drug-likeness (QED) is 0.587. The van der Waals surface area contributed by atoms with Crippen LogP contribution in [0.5, 0.6) is 0 Å². The summed E-state index contributed by atoms with van der Waals surface area (Å²) in [4.78, 5) is 15.0. The van der Waals surface area contributed by atoms with Crippen molar-refractivity contribution < 1.29 is 4.79 Å². The van der Waals surface area contributed by atoms with Crippen molar-refractivity contribution in [3.05, 3.63) is 102 Å². The maximum atomic E-state index is 13.2. The number of hydrogen-bond acceptors (Lipinski definition) is 1. The Morgan fingerprint density at radius 3 is 2.12 bits per heavy atom. The predicted molar refractivity (Wildman–Crippen MR) is 103 cm³/mol. The monoisotopic (exact) mass is 345 g/mol. The molecular formula is C22H16ClNO. The summed E-state index contributed by atoms with van der Waals surface area (Å²) in [6.07, 6.45) is 0. The van der Waals surface area contributed by atoms with Crippen LogP contribution in [0.1, 0.15) is 16.7 Å². The SMILES string of the molecule is O=C1/C(=C(\Cl)c2ccccc2)c2ccccc2N1Cc1ccccc1. The summed E-state index contributed by atoms with van der Waals surface area (Å²) in [5, 5.41) is 0.494. The lowest BCUT2D eigenvalue weighted by Crippen LogP contribution is -2.25. The Balaban J connectivity index is 1.82. The van der Waals surface area contributed by atoms with E-state index in [1.807, 2.05) is 84.9 Å². The molecule has 3 heteroatoms. The van der Waals surface area contributed by atoms with Gasteiger partial charge in [-0.3, -0.25) is 4.79 Å². The Labute approximate surface area is 152 Å². The van der Waals surface area contributed by atoms with Crippen LogP contribution in [-0.4, -0.2) is 5.91 Å². The molecular weight excluding hydrogens is 330 g/mol. The highest BCUT2D eigenvalue weighted by molar-refractivity contribution is 6.59. The Morgan fingerprint density at radius 1 is 0.800 bits per heavy atom. The second kappa shape index (κ2) is 6.58. The molecule has 3 aromatic rings. The highest BCUT2D eigenvalue weighted by atomic mass is 35.5. The van der Waals surface area contributed by atoms with Crippen LogP contribution in [0.3, 0.4) is 0 Å². The lowest BCUT2D eigenvalue weighted by Gasteiger charge is -2.17. The van der Waals surface area contributed by atoms with Crippen molar-refractivity contribution in [3.63, 3.8) is 0 Å². The average Bonchev–Trinajstić information content (AvgIpc) is 2.95. The number of fused-ring (bicyclic) bond motifs is 1. The van der Waals surface area contributed by atoms with E-state index in [2.05, 4.69) is 0 Å². The van der Waals surface area contributed by atoms with Crippen molar-refractivity contribution in [1.29, 1.82) is 0 Å². The van der Waals surface area contributed by atoms with Gasteiger partial charge in [0.15, 0.2) is 0 Å². The molecule has 0 aliphatic carbocycles. The van der Waals surface area contributed by atoms with E-state index in [0.29, 0.717) is 17.2 Å². The number of halogens is 1. The number of hydrogen-bond donors (Lipinski definition) is 0. The highest BCUT2D eigenvalue weighted by Gasteiger charge is 2.34. The fraction of sp³-hybridized carbons (Fsp3) is 0.0455. The molecule has 2 nitrogen and oxygen atoms in total. The lowest BCUT2D eigenvalue weighted by atomic mass is 10.0. The summed E-state index contributed by atoms with van der Waals surface area (Å²) in [5.41, 5.74) is 4.30. The van der Waals surface area contributed by atoms with Gasteiger partial charge in [0.05, 0.1) is 22.8 Å². The molecule has 0 unspecified atom stereocenters. The highest BCUT2D eigenvalue weighted by Crippen LogP contribution is 2.42. The summed E-state index contributed by atoms with van der Waals surface area (Å²) in [7, 11) is 0. The van der Waals surface area contributed by atoms with Crippen LogP contribution in [0.25, 0.3) is 10.6 Å². The van der Waals surface area contributed by atoms with E-state index in [4.69, 9.17) is 11.6 Å². The van der Waals surface area contributed by atoms with Gasteiger partial charge >= 0.3 is 0 Å². The molecule has 0 bridgehead atoms. The minimum Gasteiger partial charge on any atom is -0.303 e. The third-order valence-electron chi connectivity index (χ3n) is 4.35. The van der Waals surface area contributed by atoms with E-state index < -0.39 is 0 Å². The van der Waals surface area contributed by atoms with Crippen LogP contribution < -0.4 is 4.90 Å². The number of carbonyl (C=O) groups is 1. The number of anilines is 1. The van der Waals surface area contributed by atoms with Crippen molar-refractivity contribution >= 4 is 33.8 Å². The first kappa shape index (κ1) is 15.7. The van der Waals surface area contributed by atoms with E-state index in [0.717, 1.165) is 22.4 Å². The number of rotatable bonds is 3. The Kier molecular flexibility index (Phi) is 4.12. The fourth-order valence-corrected chi connectivity index (χ4v) is 3.45. The van der Waals surface area contributed by atoms with Crippen LogP contribution >= 0.6 is 11.6 Å². The smallest absolute Gasteiger partial charge is 0.260 e. The molecule has 122 valence electrons. The predicted octanol–water partition coefficient (Wildman–Crippen LogP) is 5.34. The van der Waals surface area contributed by atoms with Crippen LogP contribution in [0, 0.1) is 0 Å². The normalized spacial score (nSPS) is 15.2. The molecule has 0 spiro atoms. The Hall–Kier alpha value is -2.84. The summed E-state index contributed by atoms with van der Waals surface area (Å²) in [5.74, 6) is -0.0566. The second-order valence-corrected chi connectivity index (χ2v) is 6.33. The lowest BCUT2D eigenvalue weighted by molar-refractivity contribution is -0.113. The van der Waals surface area contributed by atoms with Crippen LogP contribution in [0.2, 0.25) is 0 Å². The number of nitrogens with zero attached hydrogens (tertiary/aromatic N) is 1. The summed E-state index contributed by atoms with van der Waals surface area (Å²) in [6, 6.07) is 27.4. The molecule has 0 atom stereocenters. The van der Waals surface area contributed by atoms with Gasteiger partial charge in [-0.25, -0.2) is 0 Å². The second-order valence-electron chi connectivity index (χ2n) is 5.95. The van der Waals surface area contributed by atoms with Gasteiger partial charge in [0.25, 0.3) is 5.91 Å². The third-order valence-corrected chi connectivity index (χ3v) is 4.76. The fourth-order valence-electron chi connectivity index (χ4n) is 3.14. The molecule has 0 aromatic heterocycles. The number of benzene rings is 3. The standard InChI is InChI=1S/C22H16ClNO/c23-21(17-11-5-2-6-12-17)20-18-13-7-8-14-19(18)24(22(20)25)15-16-9-3-1-4-10-16/h1-14H,15H2/b21-20-. The van der Waals surface area contributed by atoms with Crippen molar-refractivity contribution in [2.45, 2.75) is 6.54 Å². The third kappa shape index (κ3) is 2.86. The molecule has 1 heterocycles. The van der Waals surface area contributed by atoms with Gasteiger partial charge in [-0.2, -0.15) is 0 Å². The minimum atomic E-state index is -0.0566. The van der Waals surface area contributed by atoms with Gasteiger partial charge in [-0.05, 0) is 17.2 Å². The molecule has 0 N–H and O–H groups in total. The minimum absolute atomic E-state index is 0.0566. The molecule has 0 saturated carbocycles. The van der Waals surface area contributed by atoms with E-state index in [9.17, 15) is 4.79 Å². The zero-order chi connectivity index (χ0) is 17.2. The van der Waals surface area contributed by atoms with Crippen molar-refractivity contribution in [3.8, 4) is 0 Å². The van der Waals surface area contributed by atoms with E-state index >= 15 is 0 Å². The van der Waals surface area contributed by atoms with Crippen LogP contribution in [0.4, 0.5) is 5.69 Å². The topological polar surface area (TPSA) is 20.3 Å². The van der Waals surface area contributed by atoms with Crippen molar-refractivity contribution in [1.82, 2.24) is 0 Å². The maximum Gasteiger partial charge on any atom is 0.260 e. The van der Waals surface area contributed by atoms with Crippen molar-refractivity contribution in [2.75, 3.05) is 4.90 Å². The van der Waals surface area contributed by atoms with E-state index in [1.54, 1.807) is 4.90 Å². The van der Waals surface area contributed by atoms with Crippen molar-refractivity contribution in [2.24, 2.45) is 0 Å². The molecule has 1 aliphatic heterocycles. The summed E-state index contributed by atoms with van der Waals surface area (Å²) >= 11 is 6.64. The molecule has 1 amide bonds. The first-order chi connectivity index (χ1) is 12.3. The maximum absolute atomic E-state index is 13.2. The zero-order valence-corrected chi connectivity index (χ0v) is 14.3. The molecule has 0 fully saturated rings. The number of amides is 1. The van der Waals surface area contributed by atoms with E-state index in [1.165, 1.54) is 0 Å². The summed E-state index contributed by atoms with van der Waals surface area (Å²) < 4.78 is 0. The molecule has 3 aromatic carbocycles. The van der Waals surface area contributed by atoms with Gasteiger partial charge in [0, 0.05) is 5.56 Å². The Bertz CT molecular complexity index is 948. The molecule has 0 saturated heterocycles. The van der Waals surface area contributed by atoms with Gasteiger partial charge in [-0.1, -0.05) is 90.5 Å². The Morgan fingerprint density at radius 2 is 1.40 bits per heavy atom.